The van der Waals surface area contributed by atoms with E-state index in [0.717, 1.165) is 42.9 Å². The maximum Gasteiger partial charge on any atom is 0.254 e. The highest BCUT2D eigenvalue weighted by atomic mass is 16.5. The third kappa shape index (κ3) is 4.76. The van der Waals surface area contributed by atoms with Crippen LogP contribution in [0.1, 0.15) is 55.5 Å². The number of piperidine rings is 1. The molecule has 0 radical (unpaired) electrons. The Bertz CT molecular complexity index is 1310. The van der Waals surface area contributed by atoms with Crippen LogP contribution >= 0.6 is 0 Å². The zero-order valence-corrected chi connectivity index (χ0v) is 23.3. The average Bonchev–Trinajstić information content (AvgIpc) is 3.21. The number of carbonyl (C=O) groups is 1. The number of hydrogen-bond donors (Lipinski definition) is 0. The molecular formula is C33H39N3O3. The number of methoxy groups -OCH3 is 1. The predicted octanol–water partition coefficient (Wildman–Crippen LogP) is 6.66. The van der Waals surface area contributed by atoms with Crippen LogP contribution < -0.4 is 14.4 Å². The van der Waals surface area contributed by atoms with Gasteiger partial charge in [0.1, 0.15) is 11.4 Å². The number of ether oxygens (including phenoxy) is 2. The van der Waals surface area contributed by atoms with Crippen LogP contribution in [0.4, 0.5) is 11.4 Å². The van der Waals surface area contributed by atoms with Gasteiger partial charge in [0.2, 0.25) is 0 Å². The molecule has 3 aromatic rings. The Kier molecular flexibility index (Phi) is 7.22. The van der Waals surface area contributed by atoms with Gasteiger partial charge in [0.05, 0.1) is 12.8 Å². The fourth-order valence-corrected chi connectivity index (χ4v) is 6.95. The van der Waals surface area contributed by atoms with Gasteiger partial charge in [-0.1, -0.05) is 42.5 Å². The summed E-state index contributed by atoms with van der Waals surface area (Å²) in [7, 11) is 1.69. The van der Waals surface area contributed by atoms with Gasteiger partial charge < -0.3 is 19.3 Å². The minimum Gasteiger partial charge on any atom is -0.494 e. The molecule has 1 amide bonds. The smallest absolute Gasteiger partial charge is 0.254 e. The van der Waals surface area contributed by atoms with E-state index in [1.165, 1.54) is 18.4 Å². The highest BCUT2D eigenvalue weighted by molar-refractivity contribution is 5.97. The Labute approximate surface area is 232 Å². The lowest BCUT2D eigenvalue weighted by atomic mass is 9.93. The largest absolute Gasteiger partial charge is 0.494 e. The van der Waals surface area contributed by atoms with Crippen LogP contribution in [0.5, 0.6) is 17.2 Å². The van der Waals surface area contributed by atoms with Gasteiger partial charge in [-0.3, -0.25) is 9.69 Å². The summed E-state index contributed by atoms with van der Waals surface area (Å²) in [6, 6.07) is 24.4. The third-order valence-electron chi connectivity index (χ3n) is 8.87. The van der Waals surface area contributed by atoms with Gasteiger partial charge in [0, 0.05) is 43.3 Å². The van der Waals surface area contributed by atoms with E-state index >= 15 is 0 Å². The monoisotopic (exact) mass is 525 g/mol. The molecule has 2 fully saturated rings. The number of benzene rings is 3. The fourth-order valence-electron chi connectivity index (χ4n) is 6.95. The van der Waals surface area contributed by atoms with Crippen LogP contribution in [-0.4, -0.2) is 60.6 Å². The number of carbonyl (C=O) groups excluding carboxylic acids is 1. The molecule has 0 aromatic heterocycles. The van der Waals surface area contributed by atoms with Crippen LogP contribution in [0.3, 0.4) is 0 Å². The van der Waals surface area contributed by atoms with Crippen molar-refractivity contribution in [1.29, 1.82) is 0 Å². The first-order valence-corrected chi connectivity index (χ1v) is 14.5. The molecule has 3 heterocycles. The molecule has 2 unspecified atom stereocenters. The molecule has 6 nitrogen and oxygen atoms in total. The van der Waals surface area contributed by atoms with E-state index in [-0.39, 0.29) is 5.91 Å². The number of fused-ring (bicyclic) bond motifs is 4. The van der Waals surface area contributed by atoms with Gasteiger partial charge in [-0.05, 0) is 75.8 Å². The van der Waals surface area contributed by atoms with Gasteiger partial charge in [-0.15, -0.1) is 0 Å². The summed E-state index contributed by atoms with van der Waals surface area (Å²) in [5.74, 6) is 2.22. The molecule has 3 aliphatic heterocycles. The van der Waals surface area contributed by atoms with Crippen LogP contribution in [0.25, 0.3) is 0 Å². The first-order chi connectivity index (χ1) is 19.1. The fraction of sp³-hybridized carbons (Fsp3) is 0.424. The molecule has 0 N–H and O–H groups in total. The van der Waals surface area contributed by atoms with Crippen molar-refractivity contribution in [2.45, 2.75) is 64.1 Å². The number of hydrogen-bond acceptors (Lipinski definition) is 5. The standard InChI is InChI=1S/C33H39N3O3/c1-4-34(5-2)33(37)24-19-30(38-3)32-31(20-24)39-29-14-10-9-13-28(29)36(32)27-21-25-15-16-26(22-27)35(25)18-17-23-11-7-6-8-12-23/h6-14,19-20,25-27H,4-5,15-18,21-22H2,1-3H3. The van der Waals surface area contributed by atoms with Crippen LogP contribution in [0, 0.1) is 0 Å². The number of anilines is 2. The first kappa shape index (κ1) is 25.8. The normalized spacial score (nSPS) is 21.6. The number of para-hydroxylation sites is 2. The molecule has 6 rings (SSSR count). The molecule has 2 bridgehead atoms. The number of nitrogens with zero attached hydrogens (tertiary/aromatic N) is 3. The summed E-state index contributed by atoms with van der Waals surface area (Å²) in [4.78, 5) is 20.3. The Hall–Kier alpha value is -3.51. The molecule has 6 heteroatoms. The van der Waals surface area contributed by atoms with Crippen molar-refractivity contribution >= 4 is 17.3 Å². The summed E-state index contributed by atoms with van der Waals surface area (Å²) in [6.45, 7) is 6.45. The summed E-state index contributed by atoms with van der Waals surface area (Å²) >= 11 is 0. The van der Waals surface area contributed by atoms with E-state index in [1.54, 1.807) is 7.11 Å². The predicted molar refractivity (Wildman–Crippen MR) is 156 cm³/mol. The van der Waals surface area contributed by atoms with Crippen LogP contribution in [-0.2, 0) is 6.42 Å². The molecule has 2 atom stereocenters. The van der Waals surface area contributed by atoms with E-state index in [9.17, 15) is 4.79 Å². The maximum atomic E-state index is 13.3. The molecule has 204 valence electrons. The first-order valence-electron chi connectivity index (χ1n) is 14.5. The summed E-state index contributed by atoms with van der Waals surface area (Å²) < 4.78 is 12.4. The number of rotatable bonds is 8. The Balaban J connectivity index is 1.32. The van der Waals surface area contributed by atoms with E-state index in [2.05, 4.69) is 52.3 Å². The molecule has 0 aliphatic carbocycles. The van der Waals surface area contributed by atoms with Crippen molar-refractivity contribution in [1.82, 2.24) is 9.80 Å². The van der Waals surface area contributed by atoms with Crippen molar-refractivity contribution < 1.29 is 14.3 Å². The van der Waals surface area contributed by atoms with E-state index in [4.69, 9.17) is 9.47 Å². The highest BCUT2D eigenvalue weighted by Gasteiger charge is 2.44. The van der Waals surface area contributed by atoms with Crippen molar-refractivity contribution in [2.75, 3.05) is 31.6 Å². The van der Waals surface area contributed by atoms with Gasteiger partial charge in [-0.2, -0.15) is 0 Å². The lowest BCUT2D eigenvalue weighted by Gasteiger charge is -2.46. The third-order valence-corrected chi connectivity index (χ3v) is 8.87. The lowest BCUT2D eigenvalue weighted by Crippen LogP contribution is -2.50. The molecular weight excluding hydrogens is 486 g/mol. The summed E-state index contributed by atoms with van der Waals surface area (Å²) in [6.07, 6.45) is 5.80. The molecule has 0 saturated carbocycles. The zero-order chi connectivity index (χ0) is 26.9. The lowest BCUT2D eigenvalue weighted by molar-refractivity contribution is 0.0772. The quantitative estimate of drug-likeness (QED) is 0.329. The minimum absolute atomic E-state index is 0.000114. The van der Waals surface area contributed by atoms with Gasteiger partial charge >= 0.3 is 0 Å². The van der Waals surface area contributed by atoms with Crippen LogP contribution in [0.2, 0.25) is 0 Å². The highest BCUT2D eigenvalue weighted by Crippen LogP contribution is 2.54. The zero-order valence-electron chi connectivity index (χ0n) is 23.3. The van der Waals surface area contributed by atoms with Crippen molar-refractivity contribution in [3.8, 4) is 17.2 Å². The van der Waals surface area contributed by atoms with Gasteiger partial charge in [0.25, 0.3) is 5.91 Å². The molecule has 39 heavy (non-hydrogen) atoms. The van der Waals surface area contributed by atoms with E-state index in [1.807, 2.05) is 43.0 Å². The summed E-state index contributed by atoms with van der Waals surface area (Å²) in [5, 5.41) is 0. The van der Waals surface area contributed by atoms with Gasteiger partial charge in [0.15, 0.2) is 11.5 Å². The van der Waals surface area contributed by atoms with Crippen molar-refractivity contribution in [2.24, 2.45) is 0 Å². The Morgan fingerprint density at radius 3 is 2.31 bits per heavy atom. The second kappa shape index (κ2) is 10.9. The Morgan fingerprint density at radius 2 is 1.62 bits per heavy atom. The Morgan fingerprint density at radius 1 is 0.923 bits per heavy atom. The molecule has 0 spiro atoms. The van der Waals surface area contributed by atoms with E-state index in [0.29, 0.717) is 48.3 Å². The van der Waals surface area contributed by atoms with Gasteiger partial charge in [-0.25, -0.2) is 0 Å². The number of amides is 1. The second-order valence-corrected chi connectivity index (χ2v) is 10.9. The van der Waals surface area contributed by atoms with E-state index < -0.39 is 0 Å². The second-order valence-electron chi connectivity index (χ2n) is 10.9. The molecule has 2 saturated heterocycles. The SMILES string of the molecule is CCN(CC)C(=O)c1cc(OC)c2c(c1)Oc1ccccc1N2C1CC2CCC(C1)N2CCc1ccccc1. The molecule has 3 aromatic carbocycles. The van der Waals surface area contributed by atoms with Crippen molar-refractivity contribution in [3.05, 3.63) is 77.9 Å². The summed E-state index contributed by atoms with van der Waals surface area (Å²) in [5.41, 5.74) is 4.03. The topological polar surface area (TPSA) is 45.3 Å². The van der Waals surface area contributed by atoms with Crippen LogP contribution in [0.15, 0.2) is 66.7 Å². The maximum absolute atomic E-state index is 13.3. The molecule has 3 aliphatic rings. The van der Waals surface area contributed by atoms with Crippen molar-refractivity contribution in [3.63, 3.8) is 0 Å². The minimum atomic E-state index is -0.000114. The average molecular weight is 526 g/mol.